The normalized spacial score (nSPS) is 16.6. The zero-order valence-corrected chi connectivity index (χ0v) is 17.9. The highest BCUT2D eigenvalue weighted by Crippen LogP contribution is 2.28. The lowest BCUT2D eigenvalue weighted by atomic mass is 9.98. The quantitative estimate of drug-likeness (QED) is 0.566. The van der Waals surface area contributed by atoms with Crippen molar-refractivity contribution in [2.45, 2.75) is 32.1 Å². The fourth-order valence-corrected chi connectivity index (χ4v) is 3.82. The molecule has 2 amide bonds. The van der Waals surface area contributed by atoms with Crippen LogP contribution in [-0.2, 0) is 6.42 Å². The lowest BCUT2D eigenvalue weighted by molar-refractivity contribution is 0.184. The van der Waals surface area contributed by atoms with E-state index in [1.165, 1.54) is 5.56 Å². The molecule has 0 spiro atoms. The summed E-state index contributed by atoms with van der Waals surface area (Å²) < 4.78 is 6.54. The average molecular weight is 455 g/mol. The van der Waals surface area contributed by atoms with Gasteiger partial charge in [-0.3, -0.25) is 0 Å². The summed E-state index contributed by atoms with van der Waals surface area (Å²) in [4.78, 5) is 19.2. The van der Waals surface area contributed by atoms with Gasteiger partial charge in [0.2, 0.25) is 11.7 Å². The van der Waals surface area contributed by atoms with Gasteiger partial charge in [0.1, 0.15) is 0 Å². The molecule has 0 saturated carbocycles. The summed E-state index contributed by atoms with van der Waals surface area (Å²) in [6.07, 6.45) is 2.77. The number of amides is 2. The Bertz CT molecular complexity index is 986. The lowest BCUT2D eigenvalue weighted by Crippen LogP contribution is -2.41. The highest BCUT2D eigenvalue weighted by atomic mass is 79.9. The smallest absolute Gasteiger partial charge is 0.321 e. The largest absolute Gasteiger partial charge is 0.339 e. The zero-order valence-electron chi connectivity index (χ0n) is 16.3. The van der Waals surface area contributed by atoms with Crippen LogP contribution in [0.2, 0.25) is 0 Å². The first-order chi connectivity index (χ1) is 14.1. The first-order valence-corrected chi connectivity index (χ1v) is 10.7. The summed E-state index contributed by atoms with van der Waals surface area (Å²) in [6, 6.07) is 15.7. The average Bonchev–Trinajstić information content (AvgIpc) is 3.25. The maximum Gasteiger partial charge on any atom is 0.321 e. The lowest BCUT2D eigenvalue weighted by Gasteiger charge is -2.31. The maximum atomic E-state index is 12.7. The Kier molecular flexibility index (Phi) is 5.94. The van der Waals surface area contributed by atoms with Gasteiger partial charge in [0.15, 0.2) is 0 Å². The summed E-state index contributed by atoms with van der Waals surface area (Å²) in [6.45, 7) is 3.40. The van der Waals surface area contributed by atoms with Crippen molar-refractivity contribution in [3.8, 4) is 11.4 Å². The summed E-state index contributed by atoms with van der Waals surface area (Å²) in [5.74, 6) is 1.21. The second-order valence-corrected chi connectivity index (χ2v) is 8.15. The van der Waals surface area contributed by atoms with Crippen molar-refractivity contribution in [1.82, 2.24) is 15.0 Å². The Hall–Kier alpha value is -2.67. The number of carbonyl (C=O) groups excluding carboxylic acids is 1. The Balaban J connectivity index is 1.43. The van der Waals surface area contributed by atoms with Crippen LogP contribution in [0.5, 0.6) is 0 Å². The summed E-state index contributed by atoms with van der Waals surface area (Å²) in [5.41, 5.74) is 2.93. The van der Waals surface area contributed by atoms with E-state index in [9.17, 15) is 4.79 Å². The molecule has 1 aliphatic heterocycles. The van der Waals surface area contributed by atoms with Gasteiger partial charge < -0.3 is 14.7 Å². The topological polar surface area (TPSA) is 71.3 Å². The van der Waals surface area contributed by atoms with E-state index in [4.69, 9.17) is 4.52 Å². The summed E-state index contributed by atoms with van der Waals surface area (Å²) >= 11 is 3.43. The zero-order chi connectivity index (χ0) is 20.2. The Morgan fingerprint density at radius 1 is 1.28 bits per heavy atom. The number of hydrogen-bond donors (Lipinski definition) is 1. The molecule has 7 heteroatoms. The van der Waals surface area contributed by atoms with Crippen LogP contribution in [0.25, 0.3) is 11.4 Å². The van der Waals surface area contributed by atoms with Gasteiger partial charge in [-0.05, 0) is 61.2 Å². The van der Waals surface area contributed by atoms with Crippen LogP contribution in [0.3, 0.4) is 0 Å². The minimum Gasteiger partial charge on any atom is -0.339 e. The third-order valence-corrected chi connectivity index (χ3v) is 5.72. The third kappa shape index (κ3) is 4.67. The Morgan fingerprint density at radius 3 is 2.90 bits per heavy atom. The van der Waals surface area contributed by atoms with Crippen molar-refractivity contribution >= 4 is 27.6 Å². The first kappa shape index (κ1) is 19.6. The van der Waals surface area contributed by atoms with Gasteiger partial charge in [0.25, 0.3) is 0 Å². The number of benzene rings is 2. The number of likely N-dealkylation sites (tertiary alicyclic amines) is 1. The number of aryl methyl sites for hydroxylation is 1. The van der Waals surface area contributed by atoms with Gasteiger partial charge in [-0.25, -0.2) is 4.79 Å². The van der Waals surface area contributed by atoms with Crippen LogP contribution in [0.1, 0.15) is 37.1 Å². The molecule has 1 atom stereocenters. The van der Waals surface area contributed by atoms with Crippen molar-refractivity contribution in [3.63, 3.8) is 0 Å². The molecule has 1 unspecified atom stereocenters. The molecule has 1 fully saturated rings. The predicted molar refractivity (Wildman–Crippen MR) is 116 cm³/mol. The van der Waals surface area contributed by atoms with E-state index in [0.717, 1.165) is 41.5 Å². The van der Waals surface area contributed by atoms with Crippen molar-refractivity contribution in [2.75, 3.05) is 18.4 Å². The molecular formula is C22H23BrN4O2. The molecule has 0 bridgehead atoms. The second kappa shape index (κ2) is 8.78. The van der Waals surface area contributed by atoms with E-state index in [0.29, 0.717) is 18.3 Å². The molecule has 1 aliphatic rings. The van der Waals surface area contributed by atoms with Crippen LogP contribution >= 0.6 is 15.9 Å². The fourth-order valence-electron chi connectivity index (χ4n) is 3.55. The molecule has 0 radical (unpaired) electrons. The van der Waals surface area contributed by atoms with Crippen LogP contribution in [0, 0.1) is 0 Å². The molecule has 1 saturated heterocycles. The van der Waals surface area contributed by atoms with Crippen LogP contribution < -0.4 is 5.32 Å². The van der Waals surface area contributed by atoms with Crippen LogP contribution in [-0.4, -0.2) is 34.2 Å². The SMILES string of the molecule is CCc1cccc(NC(=O)N2CCCC(c3nc(-c4ccc(Br)cc4)no3)C2)c1. The van der Waals surface area contributed by atoms with Gasteiger partial charge in [-0.2, -0.15) is 4.98 Å². The number of anilines is 1. The van der Waals surface area contributed by atoms with Gasteiger partial charge in [-0.1, -0.05) is 40.1 Å². The number of piperidine rings is 1. The molecule has 1 N–H and O–H groups in total. The minimum absolute atomic E-state index is 0.0492. The maximum absolute atomic E-state index is 12.7. The number of nitrogens with one attached hydrogen (secondary N) is 1. The third-order valence-electron chi connectivity index (χ3n) is 5.19. The number of nitrogens with zero attached hydrogens (tertiary/aromatic N) is 3. The van der Waals surface area contributed by atoms with Crippen molar-refractivity contribution in [1.29, 1.82) is 0 Å². The van der Waals surface area contributed by atoms with Gasteiger partial charge in [0, 0.05) is 28.8 Å². The molecule has 150 valence electrons. The van der Waals surface area contributed by atoms with Gasteiger partial charge >= 0.3 is 6.03 Å². The number of halogens is 1. The molecule has 1 aromatic heterocycles. The standard InChI is InChI=1S/C22H23BrN4O2/c1-2-15-5-3-7-19(13-15)24-22(28)27-12-4-6-17(14-27)21-25-20(26-29-21)16-8-10-18(23)11-9-16/h3,5,7-11,13,17H,2,4,6,12,14H2,1H3,(H,24,28). The highest BCUT2D eigenvalue weighted by molar-refractivity contribution is 9.10. The van der Waals surface area contributed by atoms with E-state index in [-0.39, 0.29) is 11.9 Å². The van der Waals surface area contributed by atoms with Crippen molar-refractivity contribution in [3.05, 3.63) is 64.5 Å². The summed E-state index contributed by atoms with van der Waals surface area (Å²) in [7, 11) is 0. The fraction of sp³-hybridized carbons (Fsp3) is 0.318. The van der Waals surface area contributed by atoms with E-state index >= 15 is 0 Å². The molecule has 0 aliphatic carbocycles. The number of carbonyl (C=O) groups is 1. The number of urea groups is 1. The molecule has 6 nitrogen and oxygen atoms in total. The van der Waals surface area contributed by atoms with Crippen molar-refractivity contribution in [2.24, 2.45) is 0 Å². The Morgan fingerprint density at radius 2 is 2.10 bits per heavy atom. The van der Waals surface area contributed by atoms with Gasteiger partial charge in [-0.15, -0.1) is 0 Å². The Labute approximate surface area is 178 Å². The van der Waals surface area contributed by atoms with Gasteiger partial charge in [0.05, 0.1) is 5.92 Å². The van der Waals surface area contributed by atoms with E-state index in [2.05, 4.69) is 44.4 Å². The minimum atomic E-state index is -0.0874. The van der Waals surface area contributed by atoms with E-state index < -0.39 is 0 Å². The summed E-state index contributed by atoms with van der Waals surface area (Å²) in [5, 5.41) is 7.14. The van der Waals surface area contributed by atoms with E-state index in [1.807, 2.05) is 47.4 Å². The molecule has 2 heterocycles. The van der Waals surface area contributed by atoms with Crippen LogP contribution in [0.15, 0.2) is 57.5 Å². The number of rotatable bonds is 4. The number of hydrogen-bond acceptors (Lipinski definition) is 4. The number of aromatic nitrogens is 2. The predicted octanol–water partition coefficient (Wildman–Crippen LogP) is 5.47. The molecule has 2 aromatic carbocycles. The van der Waals surface area contributed by atoms with Crippen LogP contribution in [0.4, 0.5) is 10.5 Å². The molecule has 3 aromatic rings. The van der Waals surface area contributed by atoms with E-state index in [1.54, 1.807) is 0 Å². The monoisotopic (exact) mass is 454 g/mol. The van der Waals surface area contributed by atoms with Crippen molar-refractivity contribution < 1.29 is 9.32 Å². The molecular weight excluding hydrogens is 432 g/mol. The first-order valence-electron chi connectivity index (χ1n) is 9.87. The molecule has 4 rings (SSSR count). The highest BCUT2D eigenvalue weighted by Gasteiger charge is 2.28. The second-order valence-electron chi connectivity index (χ2n) is 7.23. The molecule has 29 heavy (non-hydrogen) atoms.